The molecule has 34 heavy (non-hydrogen) atoms. The molecule has 5 N–H and O–H groups in total. The summed E-state index contributed by atoms with van der Waals surface area (Å²) in [7, 11) is 0. The van der Waals surface area contributed by atoms with Crippen LogP contribution in [0.25, 0.3) is 10.9 Å². The number of aromatic amines is 1. The number of H-pyrrole nitrogens is 1. The number of hydrogen-bond donors (Lipinski definition) is 4. The number of aromatic nitrogens is 2. The first-order valence-corrected chi connectivity index (χ1v) is 10.8. The van der Waals surface area contributed by atoms with Gasteiger partial charge in [-0.15, -0.1) is 24.8 Å². The van der Waals surface area contributed by atoms with Crippen molar-refractivity contribution >= 4 is 41.5 Å². The molecule has 2 heterocycles. The van der Waals surface area contributed by atoms with Gasteiger partial charge in [-0.1, -0.05) is 36.4 Å². The van der Waals surface area contributed by atoms with Gasteiger partial charge in [-0.05, 0) is 55.7 Å². The number of fused-ring (bicyclic) bond motifs is 1. The molecule has 0 aliphatic heterocycles. The van der Waals surface area contributed by atoms with E-state index in [4.69, 9.17) is 10.5 Å². The number of rotatable bonds is 9. The van der Waals surface area contributed by atoms with Crippen molar-refractivity contribution in [1.82, 2.24) is 15.3 Å². The van der Waals surface area contributed by atoms with Crippen molar-refractivity contribution in [2.24, 2.45) is 0 Å². The van der Waals surface area contributed by atoms with Crippen LogP contribution in [0.5, 0.6) is 5.75 Å². The Morgan fingerprint density at radius 2 is 1.85 bits per heavy atom. The molecule has 2 aromatic heterocycles. The van der Waals surface area contributed by atoms with Gasteiger partial charge in [0.25, 0.3) is 0 Å². The van der Waals surface area contributed by atoms with E-state index in [1.54, 1.807) is 18.3 Å². The Kier molecular flexibility index (Phi) is 9.77. The van der Waals surface area contributed by atoms with Gasteiger partial charge in [-0.2, -0.15) is 0 Å². The smallest absolute Gasteiger partial charge is 0.123 e. The third-order valence-corrected chi connectivity index (χ3v) is 5.59. The lowest BCUT2D eigenvalue weighted by Gasteiger charge is -2.28. The summed E-state index contributed by atoms with van der Waals surface area (Å²) in [5, 5.41) is 15.1. The molecule has 8 heteroatoms. The Morgan fingerprint density at radius 3 is 2.56 bits per heavy atom. The van der Waals surface area contributed by atoms with E-state index in [1.807, 2.05) is 24.3 Å². The van der Waals surface area contributed by atoms with Crippen LogP contribution >= 0.6 is 24.8 Å². The third kappa shape index (κ3) is 7.11. The highest BCUT2D eigenvalue weighted by molar-refractivity contribution is 5.86. The van der Waals surface area contributed by atoms with E-state index < -0.39 is 6.10 Å². The van der Waals surface area contributed by atoms with Crippen molar-refractivity contribution in [1.29, 1.82) is 0 Å². The largest absolute Gasteiger partial charge is 0.489 e. The maximum absolute atomic E-state index is 10.5. The second-order valence-electron chi connectivity index (χ2n) is 8.77. The van der Waals surface area contributed by atoms with Crippen molar-refractivity contribution in [3.63, 3.8) is 0 Å². The van der Waals surface area contributed by atoms with Crippen LogP contribution in [0.15, 0.2) is 73.1 Å². The number of halogens is 2. The highest BCUT2D eigenvalue weighted by Gasteiger charge is 2.22. The molecule has 0 spiro atoms. The molecule has 0 aliphatic carbocycles. The summed E-state index contributed by atoms with van der Waals surface area (Å²) < 4.78 is 6.01. The Labute approximate surface area is 212 Å². The highest BCUT2D eigenvalue weighted by Crippen LogP contribution is 2.27. The maximum atomic E-state index is 10.5. The monoisotopic (exact) mass is 502 g/mol. The Hall–Kier alpha value is -2.77. The summed E-state index contributed by atoms with van der Waals surface area (Å²) >= 11 is 0. The third-order valence-electron chi connectivity index (χ3n) is 5.59. The van der Waals surface area contributed by atoms with Crippen LogP contribution in [0.3, 0.4) is 0 Å². The van der Waals surface area contributed by atoms with E-state index in [0.717, 1.165) is 34.2 Å². The van der Waals surface area contributed by atoms with E-state index in [9.17, 15) is 5.11 Å². The molecule has 4 aromatic rings. The number of nitrogens with zero attached hydrogens (tertiary/aromatic N) is 1. The summed E-state index contributed by atoms with van der Waals surface area (Å²) in [4.78, 5) is 7.41. The van der Waals surface area contributed by atoms with Gasteiger partial charge in [0, 0.05) is 40.9 Å². The molecule has 0 amide bonds. The van der Waals surface area contributed by atoms with Crippen LogP contribution in [-0.4, -0.2) is 27.2 Å². The van der Waals surface area contributed by atoms with Crippen molar-refractivity contribution in [3.8, 4) is 5.75 Å². The number of hydrogen-bond acceptors (Lipinski definition) is 5. The lowest BCUT2D eigenvalue weighted by molar-refractivity contribution is 0.160. The Balaban J connectivity index is 0.00000204. The quantitative estimate of drug-likeness (QED) is 0.252. The molecule has 0 saturated heterocycles. The first-order valence-electron chi connectivity index (χ1n) is 10.8. The number of ether oxygens (including phenoxy) is 1. The predicted octanol–water partition coefficient (Wildman–Crippen LogP) is 5.21. The number of nitrogens with one attached hydrogen (secondary N) is 2. The normalized spacial score (nSPS) is 12.0. The second kappa shape index (κ2) is 12.1. The zero-order valence-electron chi connectivity index (χ0n) is 19.3. The molecule has 2 aromatic carbocycles. The lowest BCUT2D eigenvalue weighted by atomic mass is 9.94. The second-order valence-corrected chi connectivity index (χ2v) is 8.77. The van der Waals surface area contributed by atoms with Gasteiger partial charge >= 0.3 is 0 Å². The molecule has 0 radical (unpaired) electrons. The minimum atomic E-state index is -0.650. The fraction of sp³-hybridized carbons (Fsp3) is 0.269. The molecule has 0 aliphatic rings. The molecule has 1 atom stereocenters. The van der Waals surface area contributed by atoms with E-state index >= 15 is 0 Å². The van der Waals surface area contributed by atoms with E-state index in [2.05, 4.69) is 59.6 Å². The maximum Gasteiger partial charge on any atom is 0.123 e. The molecule has 1 unspecified atom stereocenters. The number of benzene rings is 2. The molecule has 4 rings (SSSR count). The number of anilines is 1. The fourth-order valence-corrected chi connectivity index (χ4v) is 3.78. The molecule has 6 nitrogen and oxygen atoms in total. The summed E-state index contributed by atoms with van der Waals surface area (Å²) in [6.45, 7) is 5.23. The van der Waals surface area contributed by atoms with Gasteiger partial charge in [0.2, 0.25) is 0 Å². The first-order chi connectivity index (χ1) is 15.4. The standard InChI is InChI=1S/C26H30N4O2.2ClH/c1-26(2,30-16-24(31)19-8-11-25(27)29-14-19)13-20-15-28-23-10-9-21(12-22(20)23)32-17-18-6-4-3-5-7-18;;/h3-12,14-15,24,28,30-31H,13,16-17H2,1-2H3,(H2,27,29);2*1H. The topological polar surface area (TPSA) is 96.2 Å². The van der Waals surface area contributed by atoms with Crippen molar-refractivity contribution in [2.75, 3.05) is 12.3 Å². The van der Waals surface area contributed by atoms with Crippen molar-refractivity contribution < 1.29 is 9.84 Å². The minimum absolute atomic E-state index is 0. The van der Waals surface area contributed by atoms with Gasteiger partial charge in [0.1, 0.15) is 18.2 Å². The fourth-order valence-electron chi connectivity index (χ4n) is 3.78. The molecular formula is C26H32Cl2N4O2. The summed E-state index contributed by atoms with van der Waals surface area (Å²) in [6, 6.07) is 19.8. The van der Waals surface area contributed by atoms with Gasteiger partial charge in [-0.3, -0.25) is 0 Å². The van der Waals surface area contributed by atoms with Crippen LogP contribution < -0.4 is 15.8 Å². The predicted molar refractivity (Wildman–Crippen MR) is 143 cm³/mol. The summed E-state index contributed by atoms with van der Waals surface area (Å²) in [5.74, 6) is 1.29. The molecule has 0 fully saturated rings. The molecule has 0 bridgehead atoms. The van der Waals surface area contributed by atoms with E-state index in [-0.39, 0.29) is 30.4 Å². The van der Waals surface area contributed by atoms with Crippen LogP contribution in [0.2, 0.25) is 0 Å². The molecular weight excluding hydrogens is 471 g/mol. The van der Waals surface area contributed by atoms with Crippen LogP contribution in [0.4, 0.5) is 5.82 Å². The SMILES string of the molecule is CC(C)(Cc1c[nH]c2ccc(OCc3ccccc3)cc12)NCC(O)c1ccc(N)nc1.Cl.Cl. The van der Waals surface area contributed by atoms with Crippen LogP contribution in [0, 0.1) is 0 Å². The molecule has 182 valence electrons. The number of aliphatic hydroxyl groups excluding tert-OH is 1. The number of nitrogens with two attached hydrogens (primary N) is 1. The van der Waals surface area contributed by atoms with Crippen LogP contribution in [-0.2, 0) is 13.0 Å². The zero-order chi connectivity index (χ0) is 22.6. The average Bonchev–Trinajstić information content (AvgIpc) is 3.18. The number of nitrogen functional groups attached to an aromatic ring is 1. The van der Waals surface area contributed by atoms with Gasteiger partial charge in [0.15, 0.2) is 0 Å². The summed E-state index contributed by atoms with van der Waals surface area (Å²) in [6.07, 6.45) is 3.81. The van der Waals surface area contributed by atoms with Crippen molar-refractivity contribution in [3.05, 3.63) is 89.7 Å². The minimum Gasteiger partial charge on any atom is -0.489 e. The van der Waals surface area contributed by atoms with Crippen LogP contribution in [0.1, 0.15) is 36.6 Å². The van der Waals surface area contributed by atoms with Gasteiger partial charge in [-0.25, -0.2) is 4.98 Å². The molecule has 0 saturated carbocycles. The number of pyridine rings is 1. The average molecular weight is 503 g/mol. The number of aliphatic hydroxyl groups is 1. The highest BCUT2D eigenvalue weighted by atomic mass is 35.5. The Morgan fingerprint density at radius 1 is 1.09 bits per heavy atom. The van der Waals surface area contributed by atoms with Crippen molar-refractivity contribution in [2.45, 2.75) is 38.5 Å². The van der Waals surface area contributed by atoms with Gasteiger partial charge in [0.05, 0.1) is 6.10 Å². The van der Waals surface area contributed by atoms with E-state index in [0.29, 0.717) is 19.0 Å². The van der Waals surface area contributed by atoms with Gasteiger partial charge < -0.3 is 25.9 Å². The first kappa shape index (κ1) is 27.5. The Bertz CT molecular complexity index is 1160. The zero-order valence-corrected chi connectivity index (χ0v) is 21.0. The van der Waals surface area contributed by atoms with E-state index in [1.165, 1.54) is 5.56 Å². The lowest BCUT2D eigenvalue weighted by Crippen LogP contribution is -2.43. The summed E-state index contributed by atoms with van der Waals surface area (Å²) in [5.41, 5.74) is 9.57. The number of β-amino-alcohol motifs (C(OH)–C–C–N with tert-alkyl or cyclic N) is 1.